The van der Waals surface area contributed by atoms with E-state index in [0.717, 1.165) is 5.56 Å². The molecular formula is C17H19N5O3. The zero-order valence-corrected chi connectivity index (χ0v) is 14.2. The van der Waals surface area contributed by atoms with Gasteiger partial charge in [-0.25, -0.2) is 4.99 Å². The lowest BCUT2D eigenvalue weighted by Gasteiger charge is -2.33. The Kier molecular flexibility index (Phi) is 4.03. The maximum atomic E-state index is 12.3. The molecule has 0 aliphatic carbocycles. The van der Waals surface area contributed by atoms with Crippen molar-refractivity contribution in [2.24, 2.45) is 10.7 Å². The number of hydrogen-bond donors (Lipinski definition) is 2. The van der Waals surface area contributed by atoms with Crippen molar-refractivity contribution < 1.29 is 14.1 Å². The zero-order valence-electron chi connectivity index (χ0n) is 14.2. The van der Waals surface area contributed by atoms with E-state index in [4.69, 9.17) is 10.3 Å². The van der Waals surface area contributed by atoms with E-state index in [2.05, 4.69) is 15.5 Å². The van der Waals surface area contributed by atoms with Crippen molar-refractivity contribution in [3.05, 3.63) is 47.3 Å². The number of aliphatic imine (C=N–C) groups is 1. The van der Waals surface area contributed by atoms with Gasteiger partial charge in [0, 0.05) is 18.3 Å². The van der Waals surface area contributed by atoms with E-state index in [0.29, 0.717) is 11.3 Å². The molecule has 2 amide bonds. The fourth-order valence-corrected chi connectivity index (χ4v) is 2.70. The molecule has 0 radical (unpaired) electrons. The SMILES string of the molecule is Cc1conc1C(=O)Nc1cccc([C@]2(C)CC(=O)N(C)C(N)=N2)c1. The number of hydrogen-bond acceptors (Lipinski definition) is 6. The summed E-state index contributed by atoms with van der Waals surface area (Å²) in [4.78, 5) is 30.2. The highest BCUT2D eigenvalue weighted by atomic mass is 16.5. The second kappa shape index (κ2) is 6.04. The second-order valence-corrected chi connectivity index (χ2v) is 6.25. The number of aryl methyl sites for hydroxylation is 1. The Morgan fingerprint density at radius 1 is 1.44 bits per heavy atom. The van der Waals surface area contributed by atoms with Gasteiger partial charge in [0.1, 0.15) is 6.26 Å². The summed E-state index contributed by atoms with van der Waals surface area (Å²) in [5.74, 6) is -0.301. The van der Waals surface area contributed by atoms with Crippen LogP contribution in [0, 0.1) is 6.92 Å². The van der Waals surface area contributed by atoms with Gasteiger partial charge < -0.3 is 15.6 Å². The lowest BCUT2D eigenvalue weighted by molar-refractivity contribution is -0.128. The molecule has 0 spiro atoms. The van der Waals surface area contributed by atoms with Crippen LogP contribution in [0.15, 0.2) is 40.0 Å². The van der Waals surface area contributed by atoms with E-state index in [1.807, 2.05) is 13.0 Å². The second-order valence-electron chi connectivity index (χ2n) is 6.25. The number of carbonyl (C=O) groups excluding carboxylic acids is 2. The average molecular weight is 341 g/mol. The maximum absolute atomic E-state index is 12.3. The number of nitrogens with one attached hydrogen (secondary N) is 1. The van der Waals surface area contributed by atoms with E-state index < -0.39 is 5.54 Å². The Labute approximate surface area is 144 Å². The first kappa shape index (κ1) is 16.7. The molecule has 1 aromatic heterocycles. The molecule has 3 N–H and O–H groups in total. The van der Waals surface area contributed by atoms with Crippen molar-refractivity contribution in [1.29, 1.82) is 0 Å². The molecule has 1 aromatic carbocycles. The molecule has 2 heterocycles. The Morgan fingerprint density at radius 3 is 2.84 bits per heavy atom. The maximum Gasteiger partial charge on any atom is 0.278 e. The number of nitrogens with two attached hydrogens (primary N) is 1. The molecular weight excluding hydrogens is 322 g/mol. The first-order valence-corrected chi connectivity index (χ1v) is 7.75. The normalized spacial score (nSPS) is 20.4. The molecule has 1 aliphatic heterocycles. The molecule has 25 heavy (non-hydrogen) atoms. The fourth-order valence-electron chi connectivity index (χ4n) is 2.70. The van der Waals surface area contributed by atoms with Gasteiger partial charge in [-0.05, 0) is 31.5 Å². The van der Waals surface area contributed by atoms with Gasteiger partial charge in [-0.15, -0.1) is 0 Å². The van der Waals surface area contributed by atoms with Gasteiger partial charge in [0.2, 0.25) is 5.91 Å². The predicted molar refractivity (Wildman–Crippen MR) is 92.0 cm³/mol. The predicted octanol–water partition coefficient (Wildman–Crippen LogP) is 1.63. The van der Waals surface area contributed by atoms with Crippen molar-refractivity contribution >= 4 is 23.5 Å². The van der Waals surface area contributed by atoms with Crippen molar-refractivity contribution in [1.82, 2.24) is 10.1 Å². The largest absolute Gasteiger partial charge is 0.369 e. The highest BCUT2D eigenvalue weighted by Crippen LogP contribution is 2.34. The third kappa shape index (κ3) is 3.10. The van der Waals surface area contributed by atoms with Crippen molar-refractivity contribution in [3.63, 3.8) is 0 Å². The Hall–Kier alpha value is -3.16. The molecule has 8 heteroatoms. The average Bonchev–Trinajstić information content (AvgIpc) is 2.99. The number of anilines is 1. The van der Waals surface area contributed by atoms with Gasteiger partial charge in [0.15, 0.2) is 11.7 Å². The summed E-state index contributed by atoms with van der Waals surface area (Å²) >= 11 is 0. The number of amides is 2. The third-order valence-corrected chi connectivity index (χ3v) is 4.28. The lowest BCUT2D eigenvalue weighted by Crippen LogP contribution is -2.47. The summed E-state index contributed by atoms with van der Waals surface area (Å²) in [5, 5.41) is 6.47. The number of guanidine groups is 1. The summed E-state index contributed by atoms with van der Waals surface area (Å²) in [6.45, 7) is 3.58. The van der Waals surface area contributed by atoms with Crippen LogP contribution in [0.4, 0.5) is 5.69 Å². The number of nitrogens with zero attached hydrogens (tertiary/aromatic N) is 3. The summed E-state index contributed by atoms with van der Waals surface area (Å²) in [6.07, 6.45) is 1.61. The van der Waals surface area contributed by atoms with Crippen molar-refractivity contribution in [3.8, 4) is 0 Å². The van der Waals surface area contributed by atoms with Crippen LogP contribution in [0.3, 0.4) is 0 Å². The van der Waals surface area contributed by atoms with Crippen LogP contribution in [0.5, 0.6) is 0 Å². The fraction of sp³-hybridized carbons (Fsp3) is 0.294. The van der Waals surface area contributed by atoms with Crippen molar-refractivity contribution in [2.75, 3.05) is 12.4 Å². The number of rotatable bonds is 3. The molecule has 8 nitrogen and oxygen atoms in total. The van der Waals surface area contributed by atoms with Crippen LogP contribution >= 0.6 is 0 Å². The molecule has 0 saturated heterocycles. The summed E-state index contributed by atoms with van der Waals surface area (Å²) in [6, 6.07) is 7.18. The Bertz CT molecular complexity index is 873. The van der Waals surface area contributed by atoms with Gasteiger partial charge in [-0.2, -0.15) is 0 Å². The highest BCUT2D eigenvalue weighted by Gasteiger charge is 2.36. The minimum Gasteiger partial charge on any atom is -0.369 e. The van der Waals surface area contributed by atoms with Crippen LogP contribution in [0.2, 0.25) is 0 Å². The summed E-state index contributed by atoms with van der Waals surface area (Å²) < 4.78 is 4.79. The van der Waals surface area contributed by atoms with Gasteiger partial charge in [0.25, 0.3) is 5.91 Å². The number of carbonyl (C=O) groups is 2. The first-order chi connectivity index (χ1) is 11.8. The van der Waals surface area contributed by atoms with E-state index in [9.17, 15) is 9.59 Å². The Balaban J connectivity index is 1.88. The molecule has 3 rings (SSSR count). The molecule has 130 valence electrons. The van der Waals surface area contributed by atoms with Crippen LogP contribution in [-0.2, 0) is 10.3 Å². The van der Waals surface area contributed by atoms with Crippen LogP contribution in [0.1, 0.15) is 35.0 Å². The van der Waals surface area contributed by atoms with Crippen LogP contribution < -0.4 is 11.1 Å². The van der Waals surface area contributed by atoms with E-state index in [1.165, 1.54) is 11.2 Å². The number of aromatic nitrogens is 1. The first-order valence-electron chi connectivity index (χ1n) is 7.75. The molecule has 2 aromatic rings. The molecule has 0 unspecified atom stereocenters. The van der Waals surface area contributed by atoms with Crippen LogP contribution in [-0.4, -0.2) is 34.9 Å². The van der Waals surface area contributed by atoms with Gasteiger partial charge >= 0.3 is 0 Å². The van der Waals surface area contributed by atoms with E-state index in [-0.39, 0.29) is 29.9 Å². The molecule has 0 saturated carbocycles. The summed E-state index contributed by atoms with van der Waals surface area (Å²) in [7, 11) is 1.59. The van der Waals surface area contributed by atoms with Crippen LogP contribution in [0.25, 0.3) is 0 Å². The molecule has 0 fully saturated rings. The van der Waals surface area contributed by atoms with Gasteiger partial charge in [0.05, 0.1) is 12.0 Å². The van der Waals surface area contributed by atoms with E-state index in [1.54, 1.807) is 32.2 Å². The van der Waals surface area contributed by atoms with Gasteiger partial charge in [-0.3, -0.25) is 14.5 Å². The van der Waals surface area contributed by atoms with Crippen molar-refractivity contribution in [2.45, 2.75) is 25.8 Å². The third-order valence-electron chi connectivity index (χ3n) is 4.28. The minimum absolute atomic E-state index is 0.109. The number of benzene rings is 1. The zero-order chi connectivity index (χ0) is 18.2. The summed E-state index contributed by atoms with van der Waals surface area (Å²) in [5.41, 5.74) is 7.31. The highest BCUT2D eigenvalue weighted by molar-refractivity contribution is 6.03. The topological polar surface area (TPSA) is 114 Å². The molecule has 1 atom stereocenters. The minimum atomic E-state index is -0.780. The van der Waals surface area contributed by atoms with E-state index >= 15 is 0 Å². The molecule has 1 aliphatic rings. The smallest absolute Gasteiger partial charge is 0.278 e. The monoisotopic (exact) mass is 341 g/mol. The molecule has 0 bridgehead atoms. The quantitative estimate of drug-likeness (QED) is 0.880. The Morgan fingerprint density at radius 2 is 2.20 bits per heavy atom. The standard InChI is InChI=1S/C17H19N5O3/c1-10-9-25-21-14(10)15(24)19-12-6-4-5-11(7-12)17(2)8-13(23)22(3)16(18)20-17/h4-7,9H,8H2,1-3H3,(H2,18,20)(H,19,24)/t17-/m0/s1. The van der Waals surface area contributed by atoms with Gasteiger partial charge in [-0.1, -0.05) is 17.3 Å². The lowest BCUT2D eigenvalue weighted by atomic mass is 9.87.